The number of carbonyl (C=O) groups excluding carboxylic acids is 1. The molecule has 3 heterocycles. The van der Waals surface area contributed by atoms with Crippen LogP contribution in [0, 0.1) is 6.92 Å². The Morgan fingerprint density at radius 1 is 1.44 bits per heavy atom. The summed E-state index contributed by atoms with van der Waals surface area (Å²) in [6.07, 6.45) is 5.18. The quantitative estimate of drug-likeness (QED) is 0.845. The number of aromatic nitrogens is 2. The highest BCUT2D eigenvalue weighted by Crippen LogP contribution is 2.33. The summed E-state index contributed by atoms with van der Waals surface area (Å²) in [4.78, 5) is 18.8. The SMILES string of the molecule is Cc1cc(C(=O)N2CCO[C@H]3CC[C@H]2[C@@H]3OCc2cccnc2)no1. The number of nitrogens with zero attached hydrogens (tertiary/aromatic N) is 3. The summed E-state index contributed by atoms with van der Waals surface area (Å²) in [6, 6.07) is 5.54. The summed E-state index contributed by atoms with van der Waals surface area (Å²) >= 11 is 0. The zero-order valence-corrected chi connectivity index (χ0v) is 14.1. The first-order chi connectivity index (χ1) is 12.2. The molecular weight excluding hydrogens is 322 g/mol. The van der Waals surface area contributed by atoms with E-state index in [1.54, 1.807) is 25.4 Å². The second-order valence-corrected chi connectivity index (χ2v) is 6.51. The van der Waals surface area contributed by atoms with Gasteiger partial charge < -0.3 is 18.9 Å². The number of rotatable bonds is 4. The second kappa shape index (κ2) is 6.93. The van der Waals surface area contributed by atoms with Crippen LogP contribution < -0.4 is 0 Å². The molecule has 2 fully saturated rings. The van der Waals surface area contributed by atoms with Crippen molar-refractivity contribution in [2.75, 3.05) is 13.2 Å². The van der Waals surface area contributed by atoms with E-state index in [0.29, 0.717) is 31.2 Å². The van der Waals surface area contributed by atoms with Gasteiger partial charge in [0, 0.05) is 25.0 Å². The largest absolute Gasteiger partial charge is 0.374 e. The molecule has 4 rings (SSSR count). The Morgan fingerprint density at radius 2 is 2.36 bits per heavy atom. The van der Waals surface area contributed by atoms with Gasteiger partial charge in [-0.1, -0.05) is 11.2 Å². The van der Waals surface area contributed by atoms with Gasteiger partial charge in [0.2, 0.25) is 0 Å². The summed E-state index contributed by atoms with van der Waals surface area (Å²) in [5, 5.41) is 3.87. The zero-order chi connectivity index (χ0) is 17.2. The van der Waals surface area contributed by atoms with Crippen LogP contribution >= 0.6 is 0 Å². The first kappa shape index (κ1) is 16.2. The van der Waals surface area contributed by atoms with Crippen molar-refractivity contribution in [1.82, 2.24) is 15.0 Å². The first-order valence-corrected chi connectivity index (χ1v) is 8.59. The molecule has 2 aromatic rings. The number of amides is 1. The summed E-state index contributed by atoms with van der Waals surface area (Å²) < 4.78 is 17.1. The molecule has 2 bridgehead atoms. The van der Waals surface area contributed by atoms with E-state index < -0.39 is 0 Å². The van der Waals surface area contributed by atoms with Gasteiger partial charge in [-0.05, 0) is 31.4 Å². The van der Waals surface area contributed by atoms with Gasteiger partial charge >= 0.3 is 0 Å². The average Bonchev–Trinajstić information content (AvgIpc) is 3.17. The van der Waals surface area contributed by atoms with E-state index in [1.165, 1.54) is 0 Å². The number of ether oxygens (including phenoxy) is 2. The molecule has 0 radical (unpaired) electrons. The van der Waals surface area contributed by atoms with Crippen molar-refractivity contribution in [3.63, 3.8) is 0 Å². The van der Waals surface area contributed by atoms with Gasteiger partial charge in [0.1, 0.15) is 11.9 Å². The standard InChI is InChI=1S/C18H21N3O4/c1-12-9-14(20-25-12)18(22)21-7-8-23-16-5-4-15(21)17(16)24-11-13-3-2-6-19-10-13/h2-3,6,9-10,15-17H,4-5,7-8,11H2,1H3/t15-,16-,17-/m0/s1. The molecule has 3 atom stereocenters. The van der Waals surface area contributed by atoms with E-state index in [-0.39, 0.29) is 24.2 Å². The summed E-state index contributed by atoms with van der Waals surface area (Å²) in [5.41, 5.74) is 1.35. The van der Waals surface area contributed by atoms with Gasteiger partial charge in [-0.25, -0.2) is 0 Å². The van der Waals surface area contributed by atoms with Crippen molar-refractivity contribution < 1.29 is 18.8 Å². The molecule has 1 aliphatic carbocycles. The minimum atomic E-state index is -0.139. The Morgan fingerprint density at radius 3 is 3.12 bits per heavy atom. The van der Waals surface area contributed by atoms with Gasteiger partial charge in [-0.3, -0.25) is 9.78 Å². The van der Waals surface area contributed by atoms with E-state index >= 15 is 0 Å². The van der Waals surface area contributed by atoms with Crippen LogP contribution in [0.2, 0.25) is 0 Å². The number of fused-ring (bicyclic) bond motifs is 2. The van der Waals surface area contributed by atoms with Crippen molar-refractivity contribution >= 4 is 5.91 Å². The molecular formula is C18H21N3O4. The number of aryl methyl sites for hydroxylation is 1. The van der Waals surface area contributed by atoms with Gasteiger partial charge in [-0.2, -0.15) is 0 Å². The van der Waals surface area contributed by atoms with Crippen LogP contribution in [0.15, 0.2) is 35.1 Å². The molecule has 0 N–H and O–H groups in total. The number of hydrogen-bond acceptors (Lipinski definition) is 6. The third kappa shape index (κ3) is 3.29. The minimum Gasteiger partial charge on any atom is -0.374 e. The van der Waals surface area contributed by atoms with Crippen LogP contribution in [-0.4, -0.2) is 52.3 Å². The predicted molar refractivity (Wildman–Crippen MR) is 87.9 cm³/mol. The molecule has 7 heteroatoms. The highest BCUT2D eigenvalue weighted by atomic mass is 16.5. The highest BCUT2D eigenvalue weighted by Gasteiger charge is 2.45. The van der Waals surface area contributed by atoms with Gasteiger partial charge in [0.25, 0.3) is 5.91 Å². The third-order valence-electron chi connectivity index (χ3n) is 4.83. The number of carbonyl (C=O) groups is 1. The lowest BCUT2D eigenvalue weighted by molar-refractivity contribution is -0.0598. The van der Waals surface area contributed by atoms with Crippen LogP contribution in [0.3, 0.4) is 0 Å². The maximum atomic E-state index is 12.9. The van der Waals surface area contributed by atoms with E-state index in [2.05, 4.69) is 10.1 Å². The fourth-order valence-electron chi connectivity index (χ4n) is 3.65. The predicted octanol–water partition coefficient (Wildman–Crippen LogP) is 1.97. The Hall–Kier alpha value is -2.25. The van der Waals surface area contributed by atoms with Gasteiger partial charge in [-0.15, -0.1) is 0 Å². The van der Waals surface area contributed by atoms with Crippen molar-refractivity contribution in [2.24, 2.45) is 0 Å². The van der Waals surface area contributed by atoms with Crippen molar-refractivity contribution in [1.29, 1.82) is 0 Å². The minimum absolute atomic E-state index is 0.00585. The smallest absolute Gasteiger partial charge is 0.276 e. The third-order valence-corrected chi connectivity index (χ3v) is 4.83. The van der Waals surface area contributed by atoms with Gasteiger partial charge in [0.05, 0.1) is 25.4 Å². The molecule has 0 aromatic carbocycles. The first-order valence-electron chi connectivity index (χ1n) is 8.59. The van der Waals surface area contributed by atoms with Gasteiger partial charge in [0.15, 0.2) is 5.69 Å². The van der Waals surface area contributed by atoms with Crippen LogP contribution in [-0.2, 0) is 16.1 Å². The summed E-state index contributed by atoms with van der Waals surface area (Å²) in [6.45, 7) is 3.29. The number of hydrogen-bond donors (Lipinski definition) is 0. The van der Waals surface area contributed by atoms with Crippen LogP contribution in [0.4, 0.5) is 0 Å². The van der Waals surface area contributed by atoms with E-state index in [4.69, 9.17) is 14.0 Å². The number of pyridine rings is 1. The Kier molecular flexibility index (Phi) is 4.50. The lowest BCUT2D eigenvalue weighted by Crippen LogP contribution is -2.46. The molecule has 2 aliphatic rings. The molecule has 7 nitrogen and oxygen atoms in total. The molecule has 132 valence electrons. The molecule has 1 saturated carbocycles. The normalized spacial score (nSPS) is 25.8. The van der Waals surface area contributed by atoms with Crippen LogP contribution in [0.5, 0.6) is 0 Å². The Balaban J connectivity index is 1.50. The maximum Gasteiger partial charge on any atom is 0.276 e. The molecule has 1 amide bonds. The summed E-state index contributed by atoms with van der Waals surface area (Å²) in [7, 11) is 0. The van der Waals surface area contributed by atoms with Crippen molar-refractivity contribution in [2.45, 2.75) is 44.6 Å². The monoisotopic (exact) mass is 343 g/mol. The fraction of sp³-hybridized carbons (Fsp3) is 0.500. The topological polar surface area (TPSA) is 77.7 Å². The molecule has 2 aromatic heterocycles. The van der Waals surface area contributed by atoms with Crippen LogP contribution in [0.25, 0.3) is 0 Å². The van der Waals surface area contributed by atoms with Crippen molar-refractivity contribution in [3.05, 3.63) is 47.6 Å². The summed E-state index contributed by atoms with van der Waals surface area (Å²) in [5.74, 6) is 0.506. The average molecular weight is 343 g/mol. The molecule has 0 spiro atoms. The molecule has 1 saturated heterocycles. The fourth-order valence-corrected chi connectivity index (χ4v) is 3.65. The highest BCUT2D eigenvalue weighted by molar-refractivity contribution is 5.92. The second-order valence-electron chi connectivity index (χ2n) is 6.51. The maximum absolute atomic E-state index is 12.9. The van der Waals surface area contributed by atoms with E-state index in [0.717, 1.165) is 18.4 Å². The Bertz CT molecular complexity index is 733. The van der Waals surface area contributed by atoms with Crippen molar-refractivity contribution in [3.8, 4) is 0 Å². The molecule has 0 unspecified atom stereocenters. The van der Waals surface area contributed by atoms with Crippen LogP contribution in [0.1, 0.15) is 34.7 Å². The Labute approximate surface area is 145 Å². The lowest BCUT2D eigenvalue weighted by Gasteiger charge is -2.30. The van der Waals surface area contributed by atoms with E-state index in [1.807, 2.05) is 17.0 Å². The molecule has 1 aliphatic heterocycles. The lowest BCUT2D eigenvalue weighted by atomic mass is 10.1. The molecule has 25 heavy (non-hydrogen) atoms. The zero-order valence-electron chi connectivity index (χ0n) is 14.1. The van der Waals surface area contributed by atoms with E-state index in [9.17, 15) is 4.79 Å².